The lowest BCUT2D eigenvalue weighted by molar-refractivity contribution is 0.403. The number of halogens is 1. The smallest absolute Gasteiger partial charge is 0.248 e. The van der Waals surface area contributed by atoms with E-state index in [-0.39, 0.29) is 40.4 Å². The van der Waals surface area contributed by atoms with E-state index in [1.165, 1.54) is 40.5 Å². The third kappa shape index (κ3) is 4.57. The molecule has 0 radical (unpaired) electrons. The Labute approximate surface area is 204 Å². The van der Waals surface area contributed by atoms with Crippen LogP contribution in [0.25, 0.3) is 0 Å². The molecule has 1 unspecified atom stereocenters. The van der Waals surface area contributed by atoms with E-state index >= 15 is 0 Å². The first-order valence-corrected chi connectivity index (χ1v) is 13.1. The zero-order valence-electron chi connectivity index (χ0n) is 18.0. The molecule has 0 saturated carbocycles. The Balaban J connectivity index is 1.66. The highest BCUT2D eigenvalue weighted by atomic mass is 35.5. The number of aromatic nitrogens is 2. The summed E-state index contributed by atoms with van der Waals surface area (Å²) in [5, 5.41) is 32.9. The number of aromatic hydroxyl groups is 3. The molecular weight excluding hydrogens is 506 g/mol. The highest BCUT2D eigenvalue weighted by Gasteiger charge is 2.34. The molecule has 0 bridgehead atoms. The predicted molar refractivity (Wildman–Crippen MR) is 127 cm³/mol. The monoisotopic (exact) mass is 527 g/mol. The van der Waals surface area contributed by atoms with Crippen molar-refractivity contribution in [2.24, 2.45) is 0 Å². The van der Waals surface area contributed by atoms with E-state index in [1.54, 1.807) is 6.07 Å². The molecule has 2 aromatic carbocycles. The molecule has 1 saturated heterocycles. The molecule has 14 heteroatoms. The molecule has 1 aromatic heterocycles. The topological polar surface area (TPSA) is 162 Å². The van der Waals surface area contributed by atoms with Crippen LogP contribution in [0.5, 0.6) is 17.2 Å². The van der Waals surface area contributed by atoms with Gasteiger partial charge in [-0.2, -0.15) is 4.31 Å². The number of sulfonamides is 1. The Morgan fingerprint density at radius 1 is 1.15 bits per heavy atom. The summed E-state index contributed by atoms with van der Waals surface area (Å²) in [6.45, 7) is 0.840. The van der Waals surface area contributed by atoms with E-state index in [0.29, 0.717) is 18.7 Å². The van der Waals surface area contributed by atoms with Crippen molar-refractivity contribution in [2.45, 2.75) is 24.3 Å². The van der Waals surface area contributed by atoms with Crippen LogP contribution in [-0.2, 0) is 16.6 Å². The summed E-state index contributed by atoms with van der Waals surface area (Å²) in [5.74, 6) is -0.872. The van der Waals surface area contributed by atoms with Crippen molar-refractivity contribution in [2.75, 3.05) is 30.4 Å². The summed E-state index contributed by atoms with van der Waals surface area (Å²) >= 11 is 4.25. The van der Waals surface area contributed by atoms with Gasteiger partial charge in [0.05, 0.1) is 10.7 Å². The Morgan fingerprint density at radius 3 is 2.53 bits per heavy atom. The van der Waals surface area contributed by atoms with Gasteiger partial charge in [-0.3, -0.25) is 0 Å². The van der Waals surface area contributed by atoms with E-state index in [1.807, 2.05) is 0 Å². The van der Waals surface area contributed by atoms with Crippen LogP contribution in [-0.4, -0.2) is 61.5 Å². The summed E-state index contributed by atoms with van der Waals surface area (Å²) in [5.41, 5.74) is 0.683. The second kappa shape index (κ2) is 9.43. The molecule has 4 rings (SSSR count). The first kappa shape index (κ1) is 24.3. The van der Waals surface area contributed by atoms with Gasteiger partial charge in [0.1, 0.15) is 4.90 Å². The first-order chi connectivity index (χ1) is 16.1. The Hall–Kier alpha value is -2.84. The fourth-order valence-electron chi connectivity index (χ4n) is 3.68. The van der Waals surface area contributed by atoms with Crippen LogP contribution in [0.2, 0.25) is 5.02 Å². The average molecular weight is 528 g/mol. The molecule has 34 heavy (non-hydrogen) atoms. The van der Waals surface area contributed by atoms with Crippen molar-refractivity contribution in [1.29, 1.82) is 0 Å². The lowest BCUT2D eigenvalue weighted by atomic mass is 10.2. The Bertz CT molecular complexity index is 1330. The van der Waals surface area contributed by atoms with Crippen LogP contribution in [0, 0.1) is 0 Å². The molecule has 4 N–H and O–H groups in total. The third-order valence-corrected chi connectivity index (χ3v) is 8.52. The van der Waals surface area contributed by atoms with Gasteiger partial charge in [0.15, 0.2) is 28.4 Å². The van der Waals surface area contributed by atoms with Crippen molar-refractivity contribution in [1.82, 2.24) is 13.1 Å². The van der Waals surface area contributed by atoms with E-state index in [0.717, 1.165) is 12.8 Å². The number of benzene rings is 2. The largest absolute Gasteiger partial charge is 0.546 e. The van der Waals surface area contributed by atoms with Gasteiger partial charge in [-0.1, -0.05) is 17.7 Å². The van der Waals surface area contributed by atoms with Gasteiger partial charge in [0.25, 0.3) is 0 Å². The summed E-state index contributed by atoms with van der Waals surface area (Å²) in [6, 6.07) is 7.06. The molecule has 0 aliphatic carbocycles. The first-order valence-electron chi connectivity index (χ1n) is 10.2. The van der Waals surface area contributed by atoms with E-state index in [9.17, 15) is 28.3 Å². The maximum absolute atomic E-state index is 13.1. The van der Waals surface area contributed by atoms with E-state index in [2.05, 4.69) is 14.1 Å². The molecule has 182 valence electrons. The number of anilines is 3. The minimum atomic E-state index is -4.02. The van der Waals surface area contributed by atoms with Crippen LogP contribution in [0.3, 0.4) is 0 Å². The van der Waals surface area contributed by atoms with Crippen molar-refractivity contribution in [3.8, 4) is 17.2 Å². The van der Waals surface area contributed by atoms with Crippen molar-refractivity contribution in [3.05, 3.63) is 40.9 Å². The molecular formula is C20H22ClN5O6S2. The molecule has 2 heterocycles. The minimum Gasteiger partial charge on any atom is -0.546 e. The maximum atomic E-state index is 13.1. The van der Waals surface area contributed by atoms with Gasteiger partial charge in [-0.15, -0.1) is 0 Å². The van der Waals surface area contributed by atoms with Gasteiger partial charge < -0.3 is 30.1 Å². The average Bonchev–Trinajstić information content (AvgIpc) is 3.44. The van der Waals surface area contributed by atoms with Gasteiger partial charge in [0.2, 0.25) is 21.7 Å². The van der Waals surface area contributed by atoms with Crippen LogP contribution in [0.15, 0.2) is 35.2 Å². The lowest BCUT2D eigenvalue weighted by Gasteiger charge is -2.22. The minimum absolute atomic E-state index is 0.0802. The van der Waals surface area contributed by atoms with E-state index in [4.69, 9.17) is 11.6 Å². The van der Waals surface area contributed by atoms with Crippen LogP contribution in [0.4, 0.5) is 17.3 Å². The quantitative estimate of drug-likeness (QED) is 0.265. The number of rotatable bonds is 7. The van der Waals surface area contributed by atoms with Crippen LogP contribution < -0.4 is 10.2 Å². The van der Waals surface area contributed by atoms with Crippen LogP contribution >= 0.6 is 22.7 Å². The normalized spacial score (nSPS) is 15.0. The van der Waals surface area contributed by atoms with Crippen molar-refractivity contribution in [3.63, 3.8) is 0 Å². The highest BCUT2D eigenvalue weighted by molar-refractivity contribution is 7.89. The van der Waals surface area contributed by atoms with E-state index < -0.39 is 31.8 Å². The van der Waals surface area contributed by atoms with Crippen molar-refractivity contribution < 1.29 is 28.3 Å². The number of hydrogen-bond donors (Lipinski definition) is 4. The molecule has 1 aliphatic rings. The Morgan fingerprint density at radius 2 is 1.85 bits per heavy atom. The lowest BCUT2D eigenvalue weighted by Crippen LogP contribution is -2.28. The number of phenolic OH excluding ortho intramolecular Hbond substituents is 3. The summed E-state index contributed by atoms with van der Waals surface area (Å²) < 4.78 is 47.5. The zero-order valence-corrected chi connectivity index (χ0v) is 20.4. The zero-order chi connectivity index (χ0) is 24.6. The second-order valence-corrected chi connectivity index (χ2v) is 10.8. The number of hydrogen-bond acceptors (Lipinski definition) is 10. The van der Waals surface area contributed by atoms with Gasteiger partial charge in [0, 0.05) is 35.4 Å². The third-order valence-electron chi connectivity index (χ3n) is 5.45. The van der Waals surface area contributed by atoms with Crippen molar-refractivity contribution >= 4 is 50.1 Å². The highest BCUT2D eigenvalue weighted by Crippen LogP contribution is 2.43. The number of nitrogens with one attached hydrogen (secondary N) is 1. The summed E-state index contributed by atoms with van der Waals surface area (Å²) in [4.78, 5) is 0.964. The fraction of sp³-hybridized carbons (Fsp3) is 0.300. The second-order valence-electron chi connectivity index (χ2n) is 7.68. The fourth-order valence-corrected chi connectivity index (χ4v) is 6.48. The molecule has 0 amide bonds. The van der Waals surface area contributed by atoms with Gasteiger partial charge in [-0.25, -0.2) is 8.42 Å². The molecule has 1 fully saturated rings. The summed E-state index contributed by atoms with van der Waals surface area (Å²) in [7, 11) is -2.51. The number of phenols is 3. The molecule has 0 spiro atoms. The standard InChI is InChI=1S/C20H22ClN5O6S2/c1-25(14-6-5-13(21)18(17(14)29)34(31,32)26-8-2-3-9-26)20-19(23-33(30)24-20)22-11-12-4-7-15(27)16(28)10-12/h4-7,10,27-29H,2-3,8-9,11H2,1H3,(H,22,23). The van der Waals surface area contributed by atoms with Gasteiger partial charge in [-0.05, 0) is 42.7 Å². The maximum Gasteiger partial charge on any atom is 0.248 e. The molecule has 11 nitrogen and oxygen atoms in total. The Kier molecular flexibility index (Phi) is 6.73. The summed E-state index contributed by atoms with van der Waals surface area (Å²) in [6.07, 6.45) is 1.45. The molecule has 1 atom stereocenters. The molecule has 1 aliphatic heterocycles. The SMILES string of the molecule is CN(c1ccc(Cl)c(S(=O)(=O)N2CCCC2)c1O)c1n[s+]([O-])nc1NCc1ccc(O)c(O)c1. The van der Waals surface area contributed by atoms with Crippen LogP contribution in [0.1, 0.15) is 18.4 Å². The molecule has 3 aromatic rings. The van der Waals surface area contributed by atoms with Gasteiger partial charge >= 0.3 is 0 Å². The predicted octanol–water partition coefficient (Wildman–Crippen LogP) is 3.14. The number of nitrogens with zero attached hydrogens (tertiary/aromatic N) is 4.